The average Bonchev–Trinajstić information content (AvgIpc) is 2.71. The van der Waals surface area contributed by atoms with Crippen LogP contribution in [0.2, 0.25) is 0 Å². The lowest BCUT2D eigenvalue weighted by Crippen LogP contribution is -2.57. The first-order valence-corrected chi connectivity index (χ1v) is 8.88. The minimum absolute atomic E-state index is 0.173. The Labute approximate surface area is 130 Å². The van der Waals surface area contributed by atoms with E-state index in [0.29, 0.717) is 5.13 Å². The third-order valence-corrected chi connectivity index (χ3v) is 6.90. The molecule has 4 bridgehead atoms. The molecule has 1 amide bonds. The summed E-state index contributed by atoms with van der Waals surface area (Å²) in [6, 6.07) is 0. The molecular formula is C14H18BrN3OS. The number of carbonyl (C=O) groups excluding carboxylic acids is 1. The van der Waals surface area contributed by atoms with Crippen LogP contribution in [0.3, 0.4) is 0 Å². The van der Waals surface area contributed by atoms with Crippen LogP contribution in [0.1, 0.15) is 43.5 Å². The van der Waals surface area contributed by atoms with Gasteiger partial charge in [-0.15, -0.1) is 10.2 Å². The van der Waals surface area contributed by atoms with Gasteiger partial charge in [0.15, 0.2) is 0 Å². The molecule has 4 fully saturated rings. The topological polar surface area (TPSA) is 54.9 Å². The van der Waals surface area contributed by atoms with E-state index < -0.39 is 0 Å². The number of rotatable bonds is 2. The summed E-state index contributed by atoms with van der Waals surface area (Å²) in [5.41, 5.74) is -0.173. The van der Waals surface area contributed by atoms with E-state index in [4.69, 9.17) is 0 Å². The normalized spacial score (nSPS) is 41.9. The molecule has 1 aromatic rings. The molecule has 0 spiro atoms. The van der Waals surface area contributed by atoms with Gasteiger partial charge in [-0.25, -0.2) is 0 Å². The number of nitrogens with zero attached hydrogens (tertiary/aromatic N) is 2. The van der Waals surface area contributed by atoms with Gasteiger partial charge in [0.2, 0.25) is 11.0 Å². The highest BCUT2D eigenvalue weighted by atomic mass is 79.9. The highest BCUT2D eigenvalue weighted by molar-refractivity contribution is 9.10. The number of anilines is 1. The van der Waals surface area contributed by atoms with Crippen LogP contribution in [-0.2, 0) is 4.79 Å². The fourth-order valence-electron chi connectivity index (χ4n) is 4.99. The van der Waals surface area contributed by atoms with Crippen molar-refractivity contribution < 1.29 is 4.79 Å². The molecule has 0 aliphatic heterocycles. The van der Waals surface area contributed by atoms with Crippen LogP contribution in [-0.4, -0.2) is 20.4 Å². The molecule has 4 aliphatic rings. The second kappa shape index (κ2) is 4.26. The second-order valence-corrected chi connectivity index (χ2v) is 9.84. The van der Waals surface area contributed by atoms with Crippen LogP contribution >= 0.6 is 27.3 Å². The lowest BCUT2D eigenvalue weighted by Gasteiger charge is -2.59. The van der Waals surface area contributed by atoms with Gasteiger partial charge in [0.05, 0.1) is 5.41 Å². The van der Waals surface area contributed by atoms with Gasteiger partial charge in [-0.3, -0.25) is 4.79 Å². The number of hydrogen-bond donors (Lipinski definition) is 1. The van der Waals surface area contributed by atoms with Gasteiger partial charge >= 0.3 is 0 Å². The molecule has 4 saturated carbocycles. The Morgan fingerprint density at radius 2 is 2.00 bits per heavy atom. The van der Waals surface area contributed by atoms with Gasteiger partial charge in [-0.2, -0.15) is 0 Å². The number of alkyl halides is 1. The van der Waals surface area contributed by atoms with Crippen molar-refractivity contribution in [1.29, 1.82) is 0 Å². The van der Waals surface area contributed by atoms with Gasteiger partial charge in [-0.1, -0.05) is 27.3 Å². The Kier molecular flexibility index (Phi) is 2.81. The quantitative estimate of drug-likeness (QED) is 0.825. The maximum Gasteiger partial charge on any atom is 0.232 e. The Bertz CT molecular complexity index is 559. The van der Waals surface area contributed by atoms with Crippen molar-refractivity contribution in [3.63, 3.8) is 0 Å². The van der Waals surface area contributed by atoms with Crippen molar-refractivity contribution in [2.24, 2.45) is 17.3 Å². The van der Waals surface area contributed by atoms with E-state index in [2.05, 4.69) is 31.4 Å². The molecule has 20 heavy (non-hydrogen) atoms. The first-order valence-electron chi connectivity index (χ1n) is 7.27. The molecule has 1 N–H and O–H groups in total. The van der Waals surface area contributed by atoms with Crippen molar-refractivity contribution in [1.82, 2.24) is 10.2 Å². The highest BCUT2D eigenvalue weighted by Crippen LogP contribution is 2.64. The monoisotopic (exact) mass is 355 g/mol. The summed E-state index contributed by atoms with van der Waals surface area (Å²) in [6.07, 6.45) is 6.91. The number of amides is 1. The molecule has 6 heteroatoms. The molecule has 4 aliphatic carbocycles. The third kappa shape index (κ3) is 2.03. The molecule has 2 unspecified atom stereocenters. The van der Waals surface area contributed by atoms with E-state index in [1.165, 1.54) is 30.6 Å². The van der Waals surface area contributed by atoms with E-state index in [-0.39, 0.29) is 15.6 Å². The zero-order valence-corrected chi connectivity index (χ0v) is 13.9. The largest absolute Gasteiger partial charge is 0.300 e. The number of nitrogens with one attached hydrogen (secondary N) is 1. The molecule has 2 atom stereocenters. The summed E-state index contributed by atoms with van der Waals surface area (Å²) in [7, 11) is 0. The molecule has 5 rings (SSSR count). The van der Waals surface area contributed by atoms with Crippen LogP contribution in [0.25, 0.3) is 0 Å². The Morgan fingerprint density at radius 1 is 1.30 bits per heavy atom. The van der Waals surface area contributed by atoms with E-state index in [1.54, 1.807) is 0 Å². The van der Waals surface area contributed by atoms with E-state index in [9.17, 15) is 4.79 Å². The maximum atomic E-state index is 12.8. The molecule has 4 nitrogen and oxygen atoms in total. The molecule has 1 heterocycles. The van der Waals surface area contributed by atoms with Crippen molar-refractivity contribution in [2.75, 3.05) is 5.32 Å². The fraction of sp³-hybridized carbons (Fsp3) is 0.786. The van der Waals surface area contributed by atoms with Crippen LogP contribution < -0.4 is 5.32 Å². The lowest BCUT2D eigenvalue weighted by molar-refractivity contribution is -0.138. The predicted molar refractivity (Wildman–Crippen MR) is 82.0 cm³/mol. The van der Waals surface area contributed by atoms with Crippen molar-refractivity contribution >= 4 is 38.3 Å². The van der Waals surface area contributed by atoms with Gasteiger partial charge in [0.1, 0.15) is 5.01 Å². The Hall–Kier alpha value is -0.490. The Morgan fingerprint density at radius 3 is 2.55 bits per heavy atom. The number of aromatic nitrogens is 2. The van der Waals surface area contributed by atoms with Gasteiger partial charge in [0, 0.05) is 4.32 Å². The van der Waals surface area contributed by atoms with Crippen molar-refractivity contribution in [3.05, 3.63) is 5.01 Å². The minimum atomic E-state index is -0.173. The molecule has 0 aromatic carbocycles. The van der Waals surface area contributed by atoms with Crippen molar-refractivity contribution in [3.8, 4) is 0 Å². The Balaban J connectivity index is 1.59. The van der Waals surface area contributed by atoms with E-state index in [1.807, 2.05) is 6.92 Å². The van der Waals surface area contributed by atoms with Crippen molar-refractivity contribution in [2.45, 2.75) is 49.8 Å². The molecule has 0 saturated heterocycles. The smallest absolute Gasteiger partial charge is 0.232 e. The van der Waals surface area contributed by atoms with Gasteiger partial charge in [0.25, 0.3) is 0 Å². The maximum absolute atomic E-state index is 12.8. The highest BCUT2D eigenvalue weighted by Gasteiger charge is 2.59. The number of carbonyl (C=O) groups is 1. The van der Waals surface area contributed by atoms with E-state index >= 15 is 0 Å². The van der Waals surface area contributed by atoms with Crippen LogP contribution in [0, 0.1) is 24.2 Å². The SMILES string of the molecule is Cc1nnc(NC(=O)C23CC4CC(CC(Br)(C4)C2)C3)s1. The summed E-state index contributed by atoms with van der Waals surface area (Å²) in [6.45, 7) is 1.91. The predicted octanol–water partition coefficient (Wildman–Crippen LogP) is 3.52. The molecule has 108 valence electrons. The number of halogens is 1. The third-order valence-electron chi connectivity index (χ3n) is 5.22. The standard InChI is InChI=1S/C14H18BrN3OS/c1-8-17-18-12(20-8)16-11(19)13-3-9-2-10(4-13)6-14(15,5-9)7-13/h9-10H,2-7H2,1H3,(H,16,18,19). The summed E-state index contributed by atoms with van der Waals surface area (Å²) >= 11 is 5.40. The summed E-state index contributed by atoms with van der Waals surface area (Å²) in [5, 5.41) is 12.6. The first kappa shape index (κ1) is 13.2. The minimum Gasteiger partial charge on any atom is -0.300 e. The number of hydrogen-bond acceptors (Lipinski definition) is 4. The number of aryl methyl sites for hydroxylation is 1. The molecule has 0 radical (unpaired) electrons. The zero-order valence-electron chi connectivity index (χ0n) is 11.5. The van der Waals surface area contributed by atoms with Crippen LogP contribution in [0.5, 0.6) is 0 Å². The zero-order chi connectivity index (χ0) is 14.0. The molecular weight excluding hydrogens is 338 g/mol. The first-order chi connectivity index (χ1) is 9.46. The average molecular weight is 356 g/mol. The summed E-state index contributed by atoms with van der Waals surface area (Å²) in [5.74, 6) is 1.61. The van der Waals surface area contributed by atoms with Crippen LogP contribution in [0.4, 0.5) is 5.13 Å². The lowest BCUT2D eigenvalue weighted by atomic mass is 9.49. The summed E-state index contributed by atoms with van der Waals surface area (Å²) in [4.78, 5) is 12.8. The summed E-state index contributed by atoms with van der Waals surface area (Å²) < 4.78 is 0.214. The van der Waals surface area contributed by atoms with E-state index in [0.717, 1.165) is 36.1 Å². The fourth-order valence-corrected chi connectivity index (χ4v) is 7.03. The van der Waals surface area contributed by atoms with Gasteiger partial charge in [-0.05, 0) is 57.3 Å². The second-order valence-electron chi connectivity index (χ2n) is 6.97. The van der Waals surface area contributed by atoms with Gasteiger partial charge < -0.3 is 5.32 Å². The molecule has 1 aromatic heterocycles. The van der Waals surface area contributed by atoms with Crippen LogP contribution in [0.15, 0.2) is 0 Å².